The summed E-state index contributed by atoms with van der Waals surface area (Å²) < 4.78 is 7.53. The third-order valence-corrected chi connectivity index (χ3v) is 2.76. The summed E-state index contributed by atoms with van der Waals surface area (Å²) >= 11 is 0. The molecule has 0 aliphatic rings. The van der Waals surface area contributed by atoms with Gasteiger partial charge in [0.15, 0.2) is 0 Å². The molecule has 2 aromatic rings. The van der Waals surface area contributed by atoms with Crippen LogP contribution in [0.2, 0.25) is 0 Å². The predicted molar refractivity (Wildman–Crippen MR) is 66.9 cm³/mol. The minimum atomic E-state index is 0.0798. The number of hydrogen-bond donors (Lipinski definition) is 1. The van der Waals surface area contributed by atoms with E-state index in [1.165, 1.54) is 0 Å². The van der Waals surface area contributed by atoms with Crippen LogP contribution >= 0.6 is 0 Å². The lowest BCUT2D eigenvalue weighted by Crippen LogP contribution is -2.24. The van der Waals surface area contributed by atoms with Crippen LogP contribution in [0.15, 0.2) is 28.9 Å². The maximum absolute atomic E-state index is 5.51. The molecule has 0 aliphatic heterocycles. The standard InChI is InChI=1S/C13H19N3O/c1-4-14-13(12-7-6-8-17-12)11-9-10(3)15-16(11)5-2/h6-9,13-14H,4-5H2,1-3H3. The number of rotatable bonds is 5. The summed E-state index contributed by atoms with van der Waals surface area (Å²) in [6.07, 6.45) is 1.71. The van der Waals surface area contributed by atoms with Gasteiger partial charge in [-0.3, -0.25) is 4.68 Å². The first kappa shape index (κ1) is 11.9. The van der Waals surface area contributed by atoms with E-state index in [4.69, 9.17) is 4.42 Å². The van der Waals surface area contributed by atoms with Crippen LogP contribution in [0.5, 0.6) is 0 Å². The molecule has 92 valence electrons. The van der Waals surface area contributed by atoms with Crippen LogP contribution in [0.3, 0.4) is 0 Å². The summed E-state index contributed by atoms with van der Waals surface area (Å²) in [7, 11) is 0. The molecule has 1 N–H and O–H groups in total. The van der Waals surface area contributed by atoms with Gasteiger partial charge in [-0.05, 0) is 38.6 Å². The third kappa shape index (κ3) is 2.42. The highest BCUT2D eigenvalue weighted by atomic mass is 16.3. The highest BCUT2D eigenvalue weighted by Gasteiger charge is 2.20. The predicted octanol–water partition coefficient (Wildman–Crippen LogP) is 2.50. The van der Waals surface area contributed by atoms with E-state index in [9.17, 15) is 0 Å². The summed E-state index contributed by atoms with van der Waals surface area (Å²) in [6, 6.07) is 6.10. The fraction of sp³-hybridized carbons (Fsp3) is 0.462. The van der Waals surface area contributed by atoms with Gasteiger partial charge in [-0.25, -0.2) is 0 Å². The van der Waals surface area contributed by atoms with Crippen molar-refractivity contribution in [3.05, 3.63) is 41.6 Å². The Morgan fingerprint density at radius 3 is 2.88 bits per heavy atom. The summed E-state index contributed by atoms with van der Waals surface area (Å²) in [4.78, 5) is 0. The van der Waals surface area contributed by atoms with Crippen LogP contribution in [0.1, 0.15) is 37.0 Å². The summed E-state index contributed by atoms with van der Waals surface area (Å²) in [6.45, 7) is 7.96. The van der Waals surface area contributed by atoms with Crippen molar-refractivity contribution in [2.24, 2.45) is 0 Å². The molecule has 0 radical (unpaired) electrons. The average molecular weight is 233 g/mol. The van der Waals surface area contributed by atoms with E-state index >= 15 is 0 Å². The van der Waals surface area contributed by atoms with Gasteiger partial charge in [-0.15, -0.1) is 0 Å². The minimum Gasteiger partial charge on any atom is -0.467 e. The number of nitrogens with one attached hydrogen (secondary N) is 1. The van der Waals surface area contributed by atoms with Crippen molar-refractivity contribution in [3.8, 4) is 0 Å². The van der Waals surface area contributed by atoms with Crippen LogP contribution in [0.25, 0.3) is 0 Å². The van der Waals surface area contributed by atoms with Gasteiger partial charge in [0.05, 0.1) is 17.7 Å². The first-order valence-corrected chi connectivity index (χ1v) is 6.07. The number of nitrogens with zero attached hydrogens (tertiary/aromatic N) is 2. The lowest BCUT2D eigenvalue weighted by molar-refractivity contribution is 0.432. The van der Waals surface area contributed by atoms with Gasteiger partial charge in [0, 0.05) is 6.54 Å². The first-order valence-electron chi connectivity index (χ1n) is 6.07. The molecule has 4 heteroatoms. The van der Waals surface area contributed by atoms with Crippen molar-refractivity contribution < 1.29 is 4.42 Å². The van der Waals surface area contributed by atoms with E-state index in [0.29, 0.717) is 0 Å². The highest BCUT2D eigenvalue weighted by Crippen LogP contribution is 2.23. The van der Waals surface area contributed by atoms with Crippen molar-refractivity contribution in [3.63, 3.8) is 0 Å². The van der Waals surface area contributed by atoms with Crippen LogP contribution in [-0.2, 0) is 6.54 Å². The van der Waals surface area contributed by atoms with Gasteiger partial charge in [0.2, 0.25) is 0 Å². The molecule has 2 heterocycles. The van der Waals surface area contributed by atoms with Crippen LogP contribution in [-0.4, -0.2) is 16.3 Å². The largest absolute Gasteiger partial charge is 0.467 e. The smallest absolute Gasteiger partial charge is 0.126 e. The SMILES string of the molecule is CCNC(c1ccco1)c1cc(C)nn1CC. The second-order valence-corrected chi connectivity index (χ2v) is 4.03. The Labute approximate surface area is 102 Å². The molecule has 2 aromatic heterocycles. The Bertz CT molecular complexity index is 459. The Balaban J connectivity index is 2.38. The molecule has 1 unspecified atom stereocenters. The normalized spacial score (nSPS) is 12.9. The van der Waals surface area contributed by atoms with E-state index in [0.717, 1.165) is 30.2 Å². The number of furan rings is 1. The second-order valence-electron chi connectivity index (χ2n) is 4.03. The molecule has 0 aliphatic carbocycles. The zero-order chi connectivity index (χ0) is 12.3. The van der Waals surface area contributed by atoms with Crippen molar-refractivity contribution in [2.75, 3.05) is 6.54 Å². The number of hydrogen-bond acceptors (Lipinski definition) is 3. The maximum atomic E-state index is 5.51. The van der Waals surface area contributed by atoms with Crippen molar-refractivity contribution in [2.45, 2.75) is 33.4 Å². The summed E-state index contributed by atoms with van der Waals surface area (Å²) in [5.41, 5.74) is 2.19. The van der Waals surface area contributed by atoms with Gasteiger partial charge in [0.25, 0.3) is 0 Å². The van der Waals surface area contributed by atoms with Gasteiger partial charge >= 0.3 is 0 Å². The molecule has 0 amide bonds. The molecule has 0 saturated carbocycles. The van der Waals surface area contributed by atoms with E-state index in [2.05, 4.69) is 30.3 Å². The Kier molecular flexibility index (Phi) is 3.64. The van der Waals surface area contributed by atoms with Gasteiger partial charge < -0.3 is 9.73 Å². The molecule has 1 atom stereocenters. The highest BCUT2D eigenvalue weighted by molar-refractivity contribution is 5.22. The fourth-order valence-corrected chi connectivity index (χ4v) is 2.06. The molecule has 0 fully saturated rings. The molecule has 4 nitrogen and oxygen atoms in total. The Morgan fingerprint density at radius 2 is 2.29 bits per heavy atom. The van der Waals surface area contributed by atoms with E-state index < -0.39 is 0 Å². The van der Waals surface area contributed by atoms with Gasteiger partial charge in [0.1, 0.15) is 11.8 Å². The number of aromatic nitrogens is 2. The summed E-state index contributed by atoms with van der Waals surface area (Å²) in [5.74, 6) is 0.932. The third-order valence-electron chi connectivity index (χ3n) is 2.76. The van der Waals surface area contributed by atoms with Gasteiger partial charge in [-0.1, -0.05) is 6.92 Å². The zero-order valence-electron chi connectivity index (χ0n) is 10.6. The lowest BCUT2D eigenvalue weighted by Gasteiger charge is -2.16. The van der Waals surface area contributed by atoms with Crippen molar-refractivity contribution in [1.29, 1.82) is 0 Å². The average Bonchev–Trinajstić information content (AvgIpc) is 2.94. The van der Waals surface area contributed by atoms with E-state index in [1.54, 1.807) is 6.26 Å². The molecule has 0 bridgehead atoms. The van der Waals surface area contributed by atoms with E-state index in [-0.39, 0.29) is 6.04 Å². The molecular weight excluding hydrogens is 214 g/mol. The Hall–Kier alpha value is -1.55. The number of aryl methyl sites for hydroxylation is 2. The molecule has 0 aromatic carbocycles. The maximum Gasteiger partial charge on any atom is 0.126 e. The molecule has 0 saturated heterocycles. The molecule has 17 heavy (non-hydrogen) atoms. The lowest BCUT2D eigenvalue weighted by atomic mass is 10.1. The van der Waals surface area contributed by atoms with E-state index in [1.807, 2.05) is 23.7 Å². The van der Waals surface area contributed by atoms with Crippen LogP contribution < -0.4 is 5.32 Å². The first-order chi connectivity index (χ1) is 8.26. The molecular formula is C13H19N3O. The molecule has 0 spiro atoms. The topological polar surface area (TPSA) is 43.0 Å². The monoisotopic (exact) mass is 233 g/mol. The van der Waals surface area contributed by atoms with Crippen LogP contribution in [0.4, 0.5) is 0 Å². The summed E-state index contributed by atoms with van der Waals surface area (Å²) in [5, 5.41) is 7.91. The van der Waals surface area contributed by atoms with Crippen molar-refractivity contribution in [1.82, 2.24) is 15.1 Å². The molecule has 2 rings (SSSR count). The Morgan fingerprint density at radius 1 is 1.47 bits per heavy atom. The van der Waals surface area contributed by atoms with Crippen LogP contribution in [0, 0.1) is 6.92 Å². The zero-order valence-corrected chi connectivity index (χ0v) is 10.6. The van der Waals surface area contributed by atoms with Crippen molar-refractivity contribution >= 4 is 0 Å². The minimum absolute atomic E-state index is 0.0798. The second kappa shape index (κ2) is 5.19. The fourth-order valence-electron chi connectivity index (χ4n) is 2.06. The quantitative estimate of drug-likeness (QED) is 0.862. The van der Waals surface area contributed by atoms with Gasteiger partial charge in [-0.2, -0.15) is 5.10 Å².